The molecule has 0 amide bonds. The Morgan fingerprint density at radius 3 is 2.29 bits per heavy atom. The molecule has 0 aromatic heterocycles. The van der Waals surface area contributed by atoms with E-state index in [4.69, 9.17) is 10.5 Å². The maximum Gasteiger partial charge on any atom is 0.306 e. The lowest BCUT2D eigenvalue weighted by molar-refractivity contribution is -0.144. The second kappa shape index (κ2) is 5.35. The van der Waals surface area contributed by atoms with E-state index in [1.54, 1.807) is 0 Å². The molecule has 0 heterocycles. The van der Waals surface area contributed by atoms with Gasteiger partial charge in [0.05, 0.1) is 13.5 Å². The summed E-state index contributed by atoms with van der Waals surface area (Å²) in [7, 11) is 1.42. The third kappa shape index (κ3) is 2.98. The van der Waals surface area contributed by atoms with Crippen LogP contribution in [0.15, 0.2) is 0 Å². The molecule has 0 saturated carbocycles. The van der Waals surface area contributed by atoms with E-state index in [1.807, 2.05) is 6.92 Å². The molecule has 2 N–H and O–H groups in total. The van der Waals surface area contributed by atoms with Gasteiger partial charge in [-0.05, 0) is 17.8 Å². The molecule has 0 spiro atoms. The van der Waals surface area contributed by atoms with Crippen LogP contribution in [0.4, 0.5) is 0 Å². The van der Waals surface area contributed by atoms with Crippen LogP contribution >= 0.6 is 0 Å². The molecule has 0 fully saturated rings. The van der Waals surface area contributed by atoms with Crippen molar-refractivity contribution >= 4 is 5.97 Å². The first-order valence-corrected chi connectivity index (χ1v) is 5.20. The van der Waals surface area contributed by atoms with Crippen LogP contribution in [0.25, 0.3) is 0 Å². The van der Waals surface area contributed by atoms with Gasteiger partial charge in [0.25, 0.3) is 0 Å². The average molecular weight is 201 g/mol. The van der Waals surface area contributed by atoms with Crippen LogP contribution < -0.4 is 5.73 Å². The quantitative estimate of drug-likeness (QED) is 0.692. The molecule has 2 unspecified atom stereocenters. The third-order valence-electron chi connectivity index (χ3n) is 3.36. The lowest BCUT2D eigenvalue weighted by atomic mass is 9.70. The number of nitrogens with two attached hydrogens (primary N) is 1. The average Bonchev–Trinajstić information content (AvgIpc) is 2.15. The topological polar surface area (TPSA) is 52.3 Å². The first-order chi connectivity index (χ1) is 6.38. The van der Waals surface area contributed by atoms with Gasteiger partial charge in [0.15, 0.2) is 0 Å². The molecule has 0 radical (unpaired) electrons. The number of esters is 1. The second-order valence-electron chi connectivity index (χ2n) is 4.43. The van der Waals surface area contributed by atoms with Crippen molar-refractivity contribution in [2.75, 3.05) is 7.11 Å². The lowest BCUT2D eigenvalue weighted by Crippen LogP contribution is -2.44. The van der Waals surface area contributed by atoms with Crippen LogP contribution in [0, 0.1) is 11.3 Å². The number of hydrogen-bond acceptors (Lipinski definition) is 3. The molecule has 0 aliphatic carbocycles. The smallest absolute Gasteiger partial charge is 0.306 e. The van der Waals surface area contributed by atoms with Crippen molar-refractivity contribution in [3.63, 3.8) is 0 Å². The van der Waals surface area contributed by atoms with Gasteiger partial charge < -0.3 is 10.5 Å². The van der Waals surface area contributed by atoms with Crippen molar-refractivity contribution in [2.24, 2.45) is 17.1 Å². The molecule has 0 saturated heterocycles. The van der Waals surface area contributed by atoms with Crippen molar-refractivity contribution in [1.82, 2.24) is 0 Å². The van der Waals surface area contributed by atoms with Crippen LogP contribution in [-0.4, -0.2) is 19.1 Å². The Kier molecular flexibility index (Phi) is 5.13. The van der Waals surface area contributed by atoms with Crippen molar-refractivity contribution < 1.29 is 9.53 Å². The fourth-order valence-electron chi connectivity index (χ4n) is 1.61. The summed E-state index contributed by atoms with van der Waals surface area (Å²) < 4.78 is 4.70. The molecular weight excluding hydrogens is 178 g/mol. The van der Waals surface area contributed by atoms with Gasteiger partial charge in [0, 0.05) is 6.04 Å². The summed E-state index contributed by atoms with van der Waals surface area (Å²) in [6.45, 7) is 8.29. The van der Waals surface area contributed by atoms with E-state index in [0.717, 1.165) is 6.42 Å². The maximum atomic E-state index is 11.3. The van der Waals surface area contributed by atoms with Crippen molar-refractivity contribution in [3.05, 3.63) is 0 Å². The molecule has 3 nitrogen and oxygen atoms in total. The molecule has 2 atom stereocenters. The standard InChI is InChI=1S/C11H23NO2/c1-6-9(12)11(4,8(2)3)7-10(13)14-5/h8-9H,6-7,12H2,1-5H3. The van der Waals surface area contributed by atoms with Gasteiger partial charge in [-0.3, -0.25) is 4.79 Å². The number of carbonyl (C=O) groups is 1. The van der Waals surface area contributed by atoms with Crippen molar-refractivity contribution in [2.45, 2.75) is 46.6 Å². The van der Waals surface area contributed by atoms with E-state index < -0.39 is 0 Å². The summed E-state index contributed by atoms with van der Waals surface area (Å²) in [5.41, 5.74) is 5.88. The minimum absolute atomic E-state index is 0.0431. The number of ether oxygens (including phenoxy) is 1. The van der Waals surface area contributed by atoms with E-state index in [2.05, 4.69) is 20.8 Å². The van der Waals surface area contributed by atoms with E-state index in [-0.39, 0.29) is 17.4 Å². The van der Waals surface area contributed by atoms with Gasteiger partial charge in [-0.1, -0.05) is 27.7 Å². The molecule has 84 valence electrons. The molecule has 0 bridgehead atoms. The summed E-state index contributed by atoms with van der Waals surface area (Å²) >= 11 is 0. The van der Waals surface area contributed by atoms with Gasteiger partial charge in [-0.25, -0.2) is 0 Å². The molecule has 0 aliphatic rings. The minimum atomic E-state index is -0.176. The van der Waals surface area contributed by atoms with Crippen LogP contribution in [-0.2, 0) is 9.53 Å². The fourth-order valence-corrected chi connectivity index (χ4v) is 1.61. The predicted molar refractivity (Wildman–Crippen MR) is 57.8 cm³/mol. The monoisotopic (exact) mass is 201 g/mol. The van der Waals surface area contributed by atoms with Gasteiger partial charge in [-0.15, -0.1) is 0 Å². The zero-order valence-corrected chi connectivity index (χ0v) is 9.96. The molecule has 0 aromatic carbocycles. The summed E-state index contributed by atoms with van der Waals surface area (Å²) in [5.74, 6) is 0.196. The predicted octanol–water partition coefficient (Wildman–Crippen LogP) is 1.95. The Hall–Kier alpha value is -0.570. The Bertz CT molecular complexity index is 192. The minimum Gasteiger partial charge on any atom is -0.469 e. The van der Waals surface area contributed by atoms with Crippen LogP contribution in [0.1, 0.15) is 40.5 Å². The summed E-state index contributed by atoms with van der Waals surface area (Å²) in [5, 5.41) is 0. The van der Waals surface area contributed by atoms with Gasteiger partial charge in [0.1, 0.15) is 0 Å². The van der Waals surface area contributed by atoms with Crippen molar-refractivity contribution in [3.8, 4) is 0 Å². The van der Waals surface area contributed by atoms with Crippen LogP contribution in [0.3, 0.4) is 0 Å². The molecule has 0 aromatic rings. The molecule has 0 rings (SSSR count). The van der Waals surface area contributed by atoms with Crippen molar-refractivity contribution in [1.29, 1.82) is 0 Å². The SMILES string of the molecule is CCC(N)C(C)(CC(=O)OC)C(C)C. The number of carbonyl (C=O) groups excluding carboxylic acids is 1. The molecule has 14 heavy (non-hydrogen) atoms. The summed E-state index contributed by atoms with van der Waals surface area (Å²) in [4.78, 5) is 11.3. The zero-order chi connectivity index (χ0) is 11.4. The van der Waals surface area contributed by atoms with Gasteiger partial charge >= 0.3 is 5.97 Å². The first kappa shape index (κ1) is 13.4. The zero-order valence-electron chi connectivity index (χ0n) is 9.96. The van der Waals surface area contributed by atoms with E-state index in [0.29, 0.717) is 12.3 Å². The van der Waals surface area contributed by atoms with E-state index in [9.17, 15) is 4.79 Å². The second-order valence-corrected chi connectivity index (χ2v) is 4.43. The largest absolute Gasteiger partial charge is 0.469 e. The Morgan fingerprint density at radius 1 is 1.50 bits per heavy atom. The van der Waals surface area contributed by atoms with E-state index in [1.165, 1.54) is 7.11 Å². The highest BCUT2D eigenvalue weighted by Gasteiger charge is 2.36. The normalized spacial score (nSPS) is 17.6. The highest BCUT2D eigenvalue weighted by Crippen LogP contribution is 2.35. The van der Waals surface area contributed by atoms with E-state index >= 15 is 0 Å². The number of hydrogen-bond donors (Lipinski definition) is 1. The van der Waals surface area contributed by atoms with Gasteiger partial charge in [0.2, 0.25) is 0 Å². The molecule has 3 heteroatoms. The molecular formula is C11H23NO2. The fraction of sp³-hybridized carbons (Fsp3) is 0.909. The maximum absolute atomic E-state index is 11.3. The lowest BCUT2D eigenvalue weighted by Gasteiger charge is -2.38. The Morgan fingerprint density at radius 2 is 2.00 bits per heavy atom. The number of methoxy groups -OCH3 is 1. The van der Waals surface area contributed by atoms with Crippen LogP contribution in [0.2, 0.25) is 0 Å². The third-order valence-corrected chi connectivity index (χ3v) is 3.36. The highest BCUT2D eigenvalue weighted by molar-refractivity contribution is 5.70. The van der Waals surface area contributed by atoms with Gasteiger partial charge in [-0.2, -0.15) is 0 Å². The summed E-state index contributed by atoms with van der Waals surface area (Å²) in [6, 6.07) is 0.0431. The highest BCUT2D eigenvalue weighted by atomic mass is 16.5. The van der Waals surface area contributed by atoms with Crippen LogP contribution in [0.5, 0.6) is 0 Å². The summed E-state index contributed by atoms with van der Waals surface area (Å²) in [6.07, 6.45) is 1.28. The Balaban J connectivity index is 4.63. The number of rotatable bonds is 5. The Labute approximate surface area is 87.0 Å². The first-order valence-electron chi connectivity index (χ1n) is 5.20. The molecule has 0 aliphatic heterocycles.